The van der Waals surface area contributed by atoms with Crippen molar-refractivity contribution in [3.05, 3.63) is 42.0 Å². The molecule has 1 aromatic carbocycles. The zero-order valence-corrected chi connectivity index (χ0v) is 16.4. The fourth-order valence-corrected chi connectivity index (χ4v) is 3.32. The van der Waals surface area contributed by atoms with Gasteiger partial charge in [0.1, 0.15) is 5.75 Å². The summed E-state index contributed by atoms with van der Waals surface area (Å²) in [5.74, 6) is 15.2. The van der Waals surface area contributed by atoms with Crippen molar-refractivity contribution >= 4 is 0 Å². The molecule has 0 atom stereocenters. The molecule has 0 heterocycles. The van der Waals surface area contributed by atoms with Gasteiger partial charge in [-0.2, -0.15) is 0 Å². The van der Waals surface area contributed by atoms with E-state index < -0.39 is 0 Å². The first kappa shape index (κ1) is 20.2. The van der Waals surface area contributed by atoms with Crippen molar-refractivity contribution in [2.24, 2.45) is 11.8 Å². The highest BCUT2D eigenvalue weighted by atomic mass is 16.5. The van der Waals surface area contributed by atoms with Gasteiger partial charge in [0.15, 0.2) is 0 Å². The highest BCUT2D eigenvalue weighted by Crippen LogP contribution is 2.31. The van der Waals surface area contributed by atoms with Crippen LogP contribution in [-0.4, -0.2) is 6.61 Å². The fraction of sp³-hybridized carbons (Fsp3) is 0.520. The van der Waals surface area contributed by atoms with Crippen molar-refractivity contribution in [2.75, 3.05) is 6.61 Å². The molecular formula is C25H32O. The molecule has 1 saturated carbocycles. The second kappa shape index (κ2) is 12.3. The Morgan fingerprint density at radius 2 is 1.69 bits per heavy atom. The maximum absolute atomic E-state index is 5.57. The standard InChI is InChI=1S/C25H32O/c1-3-5-10-22-13-15-23(16-14-22)11-8-6-7-9-12-24-17-19-25(20-18-24)26-21-4-2/h6-7,17-20,22-23H,3-5,10,13-16,21H2,1-2H3. The molecule has 138 valence electrons. The van der Waals surface area contributed by atoms with E-state index in [2.05, 4.69) is 37.5 Å². The topological polar surface area (TPSA) is 9.23 Å². The van der Waals surface area contributed by atoms with Crippen LogP contribution in [0, 0.1) is 35.5 Å². The summed E-state index contributed by atoms with van der Waals surface area (Å²) in [4.78, 5) is 0. The molecule has 1 nitrogen and oxygen atoms in total. The maximum Gasteiger partial charge on any atom is 0.119 e. The van der Waals surface area contributed by atoms with Crippen LogP contribution in [0.4, 0.5) is 0 Å². The smallest absolute Gasteiger partial charge is 0.119 e. The van der Waals surface area contributed by atoms with Gasteiger partial charge in [0.2, 0.25) is 0 Å². The molecular weight excluding hydrogens is 316 g/mol. The zero-order chi connectivity index (χ0) is 18.5. The van der Waals surface area contributed by atoms with E-state index in [1.807, 2.05) is 36.4 Å². The first-order valence-corrected chi connectivity index (χ1v) is 10.2. The summed E-state index contributed by atoms with van der Waals surface area (Å²) in [6.45, 7) is 5.14. The van der Waals surface area contributed by atoms with Gasteiger partial charge in [-0.05, 0) is 74.4 Å². The van der Waals surface area contributed by atoms with E-state index in [0.717, 1.165) is 30.3 Å². The molecule has 0 spiro atoms. The lowest BCUT2D eigenvalue weighted by Gasteiger charge is -2.25. The van der Waals surface area contributed by atoms with E-state index >= 15 is 0 Å². The summed E-state index contributed by atoms with van der Waals surface area (Å²) >= 11 is 0. The summed E-state index contributed by atoms with van der Waals surface area (Å²) < 4.78 is 5.57. The van der Waals surface area contributed by atoms with Crippen molar-refractivity contribution in [1.29, 1.82) is 0 Å². The predicted molar refractivity (Wildman–Crippen MR) is 111 cm³/mol. The fourth-order valence-electron chi connectivity index (χ4n) is 3.32. The summed E-state index contributed by atoms with van der Waals surface area (Å²) in [5.41, 5.74) is 0.997. The molecule has 0 bridgehead atoms. The molecule has 0 aromatic heterocycles. The molecule has 0 aliphatic heterocycles. The zero-order valence-electron chi connectivity index (χ0n) is 16.4. The average Bonchev–Trinajstić information content (AvgIpc) is 2.69. The van der Waals surface area contributed by atoms with Gasteiger partial charge in [0.25, 0.3) is 0 Å². The van der Waals surface area contributed by atoms with E-state index in [9.17, 15) is 0 Å². The van der Waals surface area contributed by atoms with Crippen molar-refractivity contribution in [1.82, 2.24) is 0 Å². The Morgan fingerprint density at radius 1 is 0.962 bits per heavy atom. The highest BCUT2D eigenvalue weighted by molar-refractivity contribution is 5.40. The molecule has 0 unspecified atom stereocenters. The minimum Gasteiger partial charge on any atom is -0.494 e. The number of unbranched alkanes of at least 4 members (excludes halogenated alkanes) is 1. The second-order valence-corrected chi connectivity index (χ2v) is 7.12. The van der Waals surface area contributed by atoms with E-state index in [1.54, 1.807) is 0 Å². The molecule has 0 amide bonds. The molecule has 1 heteroatoms. The van der Waals surface area contributed by atoms with Crippen LogP contribution in [0.3, 0.4) is 0 Å². The minimum atomic E-state index is 0.584. The molecule has 0 saturated heterocycles. The molecule has 1 fully saturated rings. The third-order valence-electron chi connectivity index (χ3n) is 4.89. The Bertz CT molecular complexity index is 652. The normalized spacial score (nSPS) is 19.3. The largest absolute Gasteiger partial charge is 0.494 e. The molecule has 1 aromatic rings. The Balaban J connectivity index is 1.72. The van der Waals surface area contributed by atoms with E-state index in [4.69, 9.17) is 4.74 Å². The SMILES string of the molecule is CCCCC1CCC(C#CC=CC#Cc2ccc(OCCC)cc2)CC1. The molecule has 0 N–H and O–H groups in total. The number of rotatable bonds is 6. The van der Waals surface area contributed by atoms with Crippen LogP contribution in [0.5, 0.6) is 5.75 Å². The van der Waals surface area contributed by atoms with Gasteiger partial charge < -0.3 is 4.74 Å². The summed E-state index contributed by atoms with van der Waals surface area (Å²) in [7, 11) is 0. The summed E-state index contributed by atoms with van der Waals surface area (Å²) in [5, 5.41) is 0. The monoisotopic (exact) mass is 348 g/mol. The molecule has 0 radical (unpaired) electrons. The highest BCUT2D eigenvalue weighted by Gasteiger charge is 2.18. The maximum atomic E-state index is 5.57. The number of hydrogen-bond acceptors (Lipinski definition) is 1. The van der Waals surface area contributed by atoms with Crippen LogP contribution in [-0.2, 0) is 0 Å². The van der Waals surface area contributed by atoms with Crippen molar-refractivity contribution in [2.45, 2.75) is 65.2 Å². The third-order valence-corrected chi connectivity index (χ3v) is 4.89. The Hall–Kier alpha value is -2.12. The van der Waals surface area contributed by atoms with Crippen LogP contribution in [0.25, 0.3) is 0 Å². The van der Waals surface area contributed by atoms with Gasteiger partial charge in [0, 0.05) is 11.5 Å². The minimum absolute atomic E-state index is 0.584. The lowest BCUT2D eigenvalue weighted by atomic mass is 9.80. The van der Waals surface area contributed by atoms with Crippen LogP contribution < -0.4 is 4.74 Å². The van der Waals surface area contributed by atoms with Gasteiger partial charge >= 0.3 is 0 Å². The predicted octanol–water partition coefficient (Wildman–Crippen LogP) is 6.38. The average molecular weight is 349 g/mol. The molecule has 2 rings (SSSR count). The number of allylic oxidation sites excluding steroid dienone is 2. The van der Waals surface area contributed by atoms with Crippen LogP contribution in [0.15, 0.2) is 36.4 Å². The second-order valence-electron chi connectivity index (χ2n) is 7.12. The van der Waals surface area contributed by atoms with Crippen LogP contribution in [0.1, 0.15) is 70.8 Å². The first-order chi connectivity index (χ1) is 12.8. The van der Waals surface area contributed by atoms with Gasteiger partial charge in [-0.3, -0.25) is 0 Å². The lowest BCUT2D eigenvalue weighted by Crippen LogP contribution is -2.13. The van der Waals surface area contributed by atoms with Crippen molar-refractivity contribution < 1.29 is 4.74 Å². The van der Waals surface area contributed by atoms with Crippen molar-refractivity contribution in [3.63, 3.8) is 0 Å². The van der Waals surface area contributed by atoms with E-state index in [1.165, 1.54) is 44.9 Å². The molecule has 1 aliphatic rings. The third kappa shape index (κ3) is 7.84. The Morgan fingerprint density at radius 3 is 2.38 bits per heavy atom. The van der Waals surface area contributed by atoms with Gasteiger partial charge in [-0.25, -0.2) is 0 Å². The molecule has 26 heavy (non-hydrogen) atoms. The van der Waals surface area contributed by atoms with E-state index in [0.29, 0.717) is 5.92 Å². The van der Waals surface area contributed by atoms with Crippen LogP contribution in [0.2, 0.25) is 0 Å². The Labute approximate surface area is 160 Å². The first-order valence-electron chi connectivity index (χ1n) is 10.2. The molecule has 1 aliphatic carbocycles. The summed E-state index contributed by atoms with van der Waals surface area (Å²) in [6.07, 6.45) is 14.1. The van der Waals surface area contributed by atoms with Gasteiger partial charge in [-0.15, -0.1) is 0 Å². The number of benzene rings is 1. The summed E-state index contributed by atoms with van der Waals surface area (Å²) in [6, 6.07) is 7.93. The van der Waals surface area contributed by atoms with Crippen molar-refractivity contribution in [3.8, 4) is 29.4 Å². The van der Waals surface area contributed by atoms with Crippen LogP contribution >= 0.6 is 0 Å². The van der Waals surface area contributed by atoms with Gasteiger partial charge in [-0.1, -0.05) is 56.8 Å². The number of hydrogen-bond donors (Lipinski definition) is 0. The quantitative estimate of drug-likeness (QED) is 0.542. The Kier molecular flexibility index (Phi) is 9.53. The lowest BCUT2D eigenvalue weighted by molar-refractivity contribution is 0.296. The van der Waals surface area contributed by atoms with Gasteiger partial charge in [0.05, 0.1) is 6.61 Å². The van der Waals surface area contributed by atoms with E-state index in [-0.39, 0.29) is 0 Å². The number of ether oxygens (including phenoxy) is 1.